The molecule has 1 unspecified atom stereocenters. The summed E-state index contributed by atoms with van der Waals surface area (Å²) in [5.74, 6) is -1.52. The molecule has 1 atom stereocenters. The summed E-state index contributed by atoms with van der Waals surface area (Å²) in [7, 11) is 4.93. The Balaban J connectivity index is 0.00000149. The maximum atomic E-state index is 13.2. The SMILES string of the molecule is CC.CN(C)C(=O)CC1Cn2c3c(c(O)c2C(=O)N1C)C(=O)N(Cc1ccc(F)cc1)CC3. The largest absolute Gasteiger partial charge is 0.505 e. The summed E-state index contributed by atoms with van der Waals surface area (Å²) >= 11 is 0. The van der Waals surface area contributed by atoms with Crippen LogP contribution in [0.15, 0.2) is 24.3 Å². The molecule has 8 nitrogen and oxygen atoms in total. The number of nitrogens with zero attached hydrogens (tertiary/aromatic N) is 4. The van der Waals surface area contributed by atoms with Crippen molar-refractivity contribution in [2.75, 3.05) is 27.7 Å². The van der Waals surface area contributed by atoms with Crippen LogP contribution >= 0.6 is 0 Å². The predicted molar refractivity (Wildman–Crippen MR) is 121 cm³/mol. The molecule has 0 radical (unpaired) electrons. The molecule has 1 N–H and O–H groups in total. The first-order valence-corrected chi connectivity index (χ1v) is 11.1. The Morgan fingerprint density at radius 3 is 2.39 bits per heavy atom. The van der Waals surface area contributed by atoms with Crippen LogP contribution in [0, 0.1) is 5.82 Å². The van der Waals surface area contributed by atoms with Crippen LogP contribution in [0.1, 0.15) is 52.4 Å². The Kier molecular flexibility index (Phi) is 7.09. The van der Waals surface area contributed by atoms with Crippen molar-refractivity contribution in [2.45, 2.75) is 45.8 Å². The third-order valence-electron chi connectivity index (χ3n) is 6.12. The van der Waals surface area contributed by atoms with Gasteiger partial charge in [0.1, 0.15) is 11.4 Å². The van der Waals surface area contributed by atoms with Crippen molar-refractivity contribution >= 4 is 17.7 Å². The fraction of sp³-hybridized carbons (Fsp3) is 0.458. The Morgan fingerprint density at radius 2 is 1.79 bits per heavy atom. The number of aromatic hydroxyl groups is 1. The smallest absolute Gasteiger partial charge is 0.274 e. The number of halogens is 1. The van der Waals surface area contributed by atoms with Gasteiger partial charge in [0.25, 0.3) is 11.8 Å². The monoisotopic (exact) mass is 458 g/mol. The third-order valence-corrected chi connectivity index (χ3v) is 6.12. The highest BCUT2D eigenvalue weighted by Gasteiger charge is 2.41. The second-order valence-corrected chi connectivity index (χ2v) is 8.29. The van der Waals surface area contributed by atoms with Crippen molar-refractivity contribution in [1.29, 1.82) is 0 Å². The van der Waals surface area contributed by atoms with Crippen LogP contribution in [0.2, 0.25) is 0 Å². The zero-order chi connectivity index (χ0) is 24.4. The maximum absolute atomic E-state index is 13.2. The Hall–Kier alpha value is -3.36. The summed E-state index contributed by atoms with van der Waals surface area (Å²) in [6, 6.07) is 5.56. The van der Waals surface area contributed by atoms with Gasteiger partial charge in [-0.1, -0.05) is 26.0 Å². The van der Waals surface area contributed by atoms with Crippen molar-refractivity contribution in [3.05, 3.63) is 52.6 Å². The summed E-state index contributed by atoms with van der Waals surface area (Å²) in [4.78, 5) is 42.9. The lowest BCUT2D eigenvalue weighted by Gasteiger charge is -2.35. The van der Waals surface area contributed by atoms with E-state index < -0.39 is 5.91 Å². The summed E-state index contributed by atoms with van der Waals surface area (Å²) < 4.78 is 14.9. The number of rotatable bonds is 4. The van der Waals surface area contributed by atoms with E-state index in [0.717, 1.165) is 5.56 Å². The molecule has 2 aliphatic heterocycles. The van der Waals surface area contributed by atoms with E-state index >= 15 is 0 Å². The number of amides is 3. The molecule has 9 heteroatoms. The molecule has 2 aliphatic rings. The first-order chi connectivity index (χ1) is 15.7. The second-order valence-electron chi connectivity index (χ2n) is 8.29. The van der Waals surface area contributed by atoms with Crippen LogP contribution < -0.4 is 0 Å². The normalized spacial score (nSPS) is 17.2. The molecule has 0 fully saturated rings. The quantitative estimate of drug-likeness (QED) is 0.763. The van der Waals surface area contributed by atoms with Crippen molar-refractivity contribution in [1.82, 2.24) is 19.3 Å². The van der Waals surface area contributed by atoms with E-state index in [4.69, 9.17) is 0 Å². The summed E-state index contributed by atoms with van der Waals surface area (Å²) in [6.45, 7) is 5.04. The third kappa shape index (κ3) is 4.44. The molecule has 0 bridgehead atoms. The van der Waals surface area contributed by atoms with Gasteiger partial charge < -0.3 is 24.4 Å². The molecule has 0 saturated heterocycles. The van der Waals surface area contributed by atoms with Crippen molar-refractivity contribution in [3.63, 3.8) is 0 Å². The van der Waals surface area contributed by atoms with E-state index in [-0.39, 0.29) is 53.6 Å². The van der Waals surface area contributed by atoms with Gasteiger partial charge in [0, 0.05) is 59.3 Å². The minimum absolute atomic E-state index is 0.0954. The van der Waals surface area contributed by atoms with Gasteiger partial charge in [0.15, 0.2) is 11.4 Å². The minimum Gasteiger partial charge on any atom is -0.505 e. The molecule has 2 aromatic rings. The Labute approximate surface area is 193 Å². The number of carbonyl (C=O) groups is 3. The number of hydrogen-bond donors (Lipinski definition) is 1. The maximum Gasteiger partial charge on any atom is 0.274 e. The van der Waals surface area contributed by atoms with E-state index in [1.54, 1.807) is 42.7 Å². The highest BCUT2D eigenvalue weighted by molar-refractivity contribution is 6.06. The molecule has 3 heterocycles. The van der Waals surface area contributed by atoms with Gasteiger partial charge in [-0.2, -0.15) is 0 Å². The molecule has 33 heavy (non-hydrogen) atoms. The predicted octanol–water partition coefficient (Wildman–Crippen LogP) is 2.49. The zero-order valence-electron chi connectivity index (χ0n) is 19.8. The van der Waals surface area contributed by atoms with Gasteiger partial charge in [0.05, 0.1) is 6.04 Å². The molecule has 0 spiro atoms. The molecule has 0 aliphatic carbocycles. The molecule has 3 amide bonds. The fourth-order valence-electron chi connectivity index (χ4n) is 4.27. The van der Waals surface area contributed by atoms with Crippen LogP contribution in [-0.4, -0.2) is 75.8 Å². The van der Waals surface area contributed by atoms with Gasteiger partial charge in [-0.15, -0.1) is 0 Å². The van der Waals surface area contributed by atoms with Gasteiger partial charge in [0.2, 0.25) is 5.91 Å². The molecule has 4 rings (SSSR count). The number of hydrogen-bond acceptors (Lipinski definition) is 4. The Morgan fingerprint density at radius 1 is 1.15 bits per heavy atom. The van der Waals surface area contributed by atoms with Crippen LogP contribution in [-0.2, 0) is 24.3 Å². The van der Waals surface area contributed by atoms with Crippen molar-refractivity contribution in [2.24, 2.45) is 0 Å². The standard InChI is InChI=1S/C22H25FN4O4.C2H6/c1-24(2)17(28)10-15-12-27-16-8-9-26(11-13-4-6-14(23)7-5-13)21(30)18(16)20(29)19(27)22(31)25(15)3;1-2/h4-7,15,29H,8-12H2,1-3H3;1-2H3. The summed E-state index contributed by atoms with van der Waals surface area (Å²) in [6.07, 6.45) is 0.633. The number of carbonyl (C=O) groups excluding carboxylic acids is 3. The number of benzene rings is 1. The molecule has 1 aromatic heterocycles. The summed E-state index contributed by atoms with van der Waals surface area (Å²) in [5, 5.41) is 10.8. The van der Waals surface area contributed by atoms with Crippen LogP contribution in [0.4, 0.5) is 4.39 Å². The molecular weight excluding hydrogens is 427 g/mol. The fourth-order valence-corrected chi connectivity index (χ4v) is 4.27. The zero-order valence-corrected chi connectivity index (χ0v) is 19.8. The van der Waals surface area contributed by atoms with Gasteiger partial charge in [-0.3, -0.25) is 14.4 Å². The molecular formula is C24H31FN4O4. The average molecular weight is 459 g/mol. The first kappa shape index (κ1) is 24.3. The van der Waals surface area contributed by atoms with E-state index in [9.17, 15) is 23.9 Å². The minimum atomic E-state index is -0.410. The lowest BCUT2D eigenvalue weighted by Crippen LogP contribution is -2.48. The molecule has 178 valence electrons. The van der Waals surface area contributed by atoms with Crippen LogP contribution in [0.3, 0.4) is 0 Å². The van der Waals surface area contributed by atoms with E-state index in [0.29, 0.717) is 25.2 Å². The highest BCUT2D eigenvalue weighted by atomic mass is 19.1. The molecule has 1 aromatic carbocycles. The van der Waals surface area contributed by atoms with Gasteiger partial charge in [-0.25, -0.2) is 4.39 Å². The van der Waals surface area contributed by atoms with E-state index in [1.807, 2.05) is 13.8 Å². The van der Waals surface area contributed by atoms with Crippen LogP contribution in [0.25, 0.3) is 0 Å². The number of likely N-dealkylation sites (N-methyl/N-ethyl adjacent to an activating group) is 1. The van der Waals surface area contributed by atoms with Gasteiger partial charge in [-0.05, 0) is 17.7 Å². The Bertz CT molecular complexity index is 1060. The van der Waals surface area contributed by atoms with E-state index in [1.165, 1.54) is 21.9 Å². The summed E-state index contributed by atoms with van der Waals surface area (Å²) in [5.41, 5.74) is 1.64. The topological polar surface area (TPSA) is 86.1 Å². The number of aromatic nitrogens is 1. The lowest BCUT2D eigenvalue weighted by molar-refractivity contribution is -0.129. The number of fused-ring (bicyclic) bond motifs is 3. The van der Waals surface area contributed by atoms with Crippen molar-refractivity contribution < 1.29 is 23.9 Å². The molecule has 0 saturated carbocycles. The lowest BCUT2D eigenvalue weighted by atomic mass is 10.0. The first-order valence-electron chi connectivity index (χ1n) is 11.1. The van der Waals surface area contributed by atoms with E-state index in [2.05, 4.69) is 0 Å². The van der Waals surface area contributed by atoms with Gasteiger partial charge >= 0.3 is 0 Å². The van der Waals surface area contributed by atoms with Crippen LogP contribution in [0.5, 0.6) is 5.75 Å². The highest BCUT2D eigenvalue weighted by Crippen LogP contribution is 2.38. The second kappa shape index (κ2) is 9.64. The van der Waals surface area contributed by atoms with Crippen molar-refractivity contribution in [3.8, 4) is 5.75 Å². The average Bonchev–Trinajstić information content (AvgIpc) is 3.08.